The summed E-state index contributed by atoms with van der Waals surface area (Å²) in [6, 6.07) is 7.68. The predicted octanol–water partition coefficient (Wildman–Crippen LogP) is 2.34. The van der Waals surface area contributed by atoms with Crippen LogP contribution in [0.4, 0.5) is 0 Å². The second kappa shape index (κ2) is 7.39. The van der Waals surface area contributed by atoms with E-state index in [0.717, 1.165) is 22.8 Å². The van der Waals surface area contributed by atoms with E-state index < -0.39 is 0 Å². The van der Waals surface area contributed by atoms with Gasteiger partial charge in [-0.2, -0.15) is 13.5 Å². The van der Waals surface area contributed by atoms with Gasteiger partial charge in [-0.3, -0.25) is 0 Å². The number of halogens is 1. The second-order valence-corrected chi connectivity index (χ2v) is 3.92. The molecule has 1 aromatic rings. The summed E-state index contributed by atoms with van der Waals surface area (Å²) in [7, 11) is 1.88. The Hall–Kier alpha value is 0.0900. The van der Waals surface area contributed by atoms with E-state index in [2.05, 4.69) is 4.28 Å². The Morgan fingerprint density at radius 1 is 1.50 bits per heavy atom. The number of rotatable bonds is 4. The lowest BCUT2D eigenvalue weighted by Gasteiger charge is -2.13. The summed E-state index contributed by atoms with van der Waals surface area (Å²) in [4.78, 5) is 0. The van der Waals surface area contributed by atoms with E-state index in [1.165, 1.54) is 0 Å². The van der Waals surface area contributed by atoms with Gasteiger partial charge in [0.1, 0.15) is 12.2 Å². The average molecular weight is 253 g/mol. The molecule has 0 aromatic heterocycles. The van der Waals surface area contributed by atoms with Gasteiger partial charge in [0.15, 0.2) is 0 Å². The van der Waals surface area contributed by atoms with Gasteiger partial charge in [0.05, 0.1) is 0 Å². The number of hydrogen-bond acceptors (Lipinski definition) is 4. The van der Waals surface area contributed by atoms with E-state index in [1.807, 2.05) is 35.6 Å². The lowest BCUT2D eigenvalue weighted by molar-refractivity contribution is 0.365. The minimum absolute atomic E-state index is 0. The van der Waals surface area contributed by atoms with E-state index in [1.54, 1.807) is 0 Å². The van der Waals surface area contributed by atoms with Crippen LogP contribution >= 0.6 is 37.3 Å². The maximum Gasteiger partial charge on any atom is 0.104 e. The summed E-state index contributed by atoms with van der Waals surface area (Å²) in [6.45, 7) is 0.696. The van der Waals surface area contributed by atoms with Crippen molar-refractivity contribution >= 4 is 37.3 Å². The Balaban J connectivity index is 0.00000169. The van der Waals surface area contributed by atoms with Crippen LogP contribution in [0.2, 0.25) is 5.02 Å². The molecular weight excluding hydrogens is 240 g/mol. The third-order valence-electron chi connectivity index (χ3n) is 1.52. The quantitative estimate of drug-likeness (QED) is 0.507. The number of hydrogen-bond donors (Lipinski definition) is 1. The fourth-order valence-electron chi connectivity index (χ4n) is 0.966. The summed E-state index contributed by atoms with van der Waals surface area (Å²) in [5.74, 6) is 4.91. The molecule has 0 aliphatic heterocycles. The lowest BCUT2D eigenvalue weighted by atomic mass is 10.2. The van der Waals surface area contributed by atoms with Gasteiger partial charge in [0, 0.05) is 18.6 Å². The maximum atomic E-state index is 5.96. The molecule has 80 valence electrons. The number of nitrogens with two attached hydrogens (primary N) is 1. The zero-order valence-corrected chi connectivity index (χ0v) is 10.3. The predicted molar refractivity (Wildman–Crippen MR) is 66.2 cm³/mol. The summed E-state index contributed by atoms with van der Waals surface area (Å²) in [6.07, 6.45) is 0. The standard InChI is InChI=1S/C8H11ClN2OS.H2S/c1-11(13-12-10)6-7-4-2-3-5-8(7)9;/h2-5H,6,10H2,1H3;1H2. The molecule has 0 bridgehead atoms. The first-order chi connectivity index (χ1) is 6.24. The van der Waals surface area contributed by atoms with Crippen molar-refractivity contribution in [2.24, 2.45) is 5.90 Å². The average Bonchev–Trinajstić information content (AvgIpc) is 2.09. The molecule has 0 aliphatic rings. The van der Waals surface area contributed by atoms with Crippen molar-refractivity contribution in [3.63, 3.8) is 0 Å². The molecule has 0 aliphatic carbocycles. The van der Waals surface area contributed by atoms with E-state index in [-0.39, 0.29) is 13.5 Å². The maximum absolute atomic E-state index is 5.96. The highest BCUT2D eigenvalue weighted by Crippen LogP contribution is 2.19. The van der Waals surface area contributed by atoms with Gasteiger partial charge >= 0.3 is 0 Å². The fourth-order valence-corrected chi connectivity index (χ4v) is 1.50. The summed E-state index contributed by atoms with van der Waals surface area (Å²) in [5, 5.41) is 0.756. The van der Waals surface area contributed by atoms with Crippen LogP contribution in [0.5, 0.6) is 0 Å². The van der Waals surface area contributed by atoms with Gasteiger partial charge < -0.3 is 0 Å². The van der Waals surface area contributed by atoms with Crippen molar-refractivity contribution in [2.75, 3.05) is 7.05 Å². The molecular formula is C8H13ClN2OS2. The molecule has 0 spiro atoms. The SMILES string of the molecule is CN(Cc1ccccc1Cl)SON.S. The molecule has 3 nitrogen and oxygen atoms in total. The smallest absolute Gasteiger partial charge is 0.104 e. The first kappa shape index (κ1) is 14.1. The highest BCUT2D eigenvalue weighted by molar-refractivity contribution is 7.92. The van der Waals surface area contributed by atoms with E-state index >= 15 is 0 Å². The molecule has 0 heterocycles. The molecule has 2 N–H and O–H groups in total. The first-order valence-corrected chi connectivity index (χ1v) is 4.79. The Morgan fingerprint density at radius 2 is 2.14 bits per heavy atom. The van der Waals surface area contributed by atoms with Crippen molar-refractivity contribution < 1.29 is 4.28 Å². The molecule has 14 heavy (non-hydrogen) atoms. The fraction of sp³-hybridized carbons (Fsp3) is 0.250. The Bertz CT molecular complexity index is 275. The molecule has 0 amide bonds. The number of benzene rings is 1. The third-order valence-corrected chi connectivity index (χ3v) is 2.36. The van der Waals surface area contributed by atoms with Crippen LogP contribution in [-0.4, -0.2) is 11.4 Å². The van der Waals surface area contributed by atoms with Crippen LogP contribution in [-0.2, 0) is 10.8 Å². The normalized spacial score (nSPS) is 10.0. The zero-order valence-electron chi connectivity index (χ0n) is 7.74. The van der Waals surface area contributed by atoms with Crippen molar-refractivity contribution in [1.82, 2.24) is 4.31 Å². The van der Waals surface area contributed by atoms with E-state index in [4.69, 9.17) is 17.5 Å². The molecule has 1 aromatic carbocycles. The van der Waals surface area contributed by atoms with Crippen LogP contribution in [0.1, 0.15) is 5.56 Å². The van der Waals surface area contributed by atoms with E-state index in [0.29, 0.717) is 6.54 Å². The van der Waals surface area contributed by atoms with Crippen molar-refractivity contribution in [3.05, 3.63) is 34.9 Å². The molecule has 0 saturated carbocycles. The van der Waals surface area contributed by atoms with Crippen molar-refractivity contribution in [2.45, 2.75) is 6.54 Å². The first-order valence-electron chi connectivity index (χ1n) is 3.72. The monoisotopic (exact) mass is 252 g/mol. The van der Waals surface area contributed by atoms with Crippen LogP contribution in [0.25, 0.3) is 0 Å². The highest BCUT2D eigenvalue weighted by Gasteiger charge is 2.03. The Labute approximate surface area is 100 Å². The minimum Gasteiger partial charge on any atom is -0.224 e. The third kappa shape index (κ3) is 4.54. The number of nitrogens with zero attached hydrogens (tertiary/aromatic N) is 1. The Morgan fingerprint density at radius 3 is 2.71 bits per heavy atom. The van der Waals surface area contributed by atoms with Gasteiger partial charge in [-0.15, -0.1) is 0 Å². The molecule has 0 unspecified atom stereocenters. The van der Waals surface area contributed by atoms with Crippen molar-refractivity contribution in [1.29, 1.82) is 0 Å². The second-order valence-electron chi connectivity index (χ2n) is 2.55. The van der Waals surface area contributed by atoms with Crippen LogP contribution < -0.4 is 5.90 Å². The summed E-state index contributed by atoms with van der Waals surface area (Å²) < 4.78 is 6.26. The van der Waals surface area contributed by atoms with Gasteiger partial charge in [-0.1, -0.05) is 29.8 Å². The zero-order chi connectivity index (χ0) is 9.68. The van der Waals surface area contributed by atoms with E-state index in [9.17, 15) is 0 Å². The molecule has 0 saturated heterocycles. The minimum atomic E-state index is 0. The van der Waals surface area contributed by atoms with Crippen molar-refractivity contribution in [3.8, 4) is 0 Å². The van der Waals surface area contributed by atoms with Gasteiger partial charge in [0.25, 0.3) is 0 Å². The molecule has 1 rings (SSSR count). The van der Waals surface area contributed by atoms with Crippen LogP contribution in [0.15, 0.2) is 24.3 Å². The summed E-state index contributed by atoms with van der Waals surface area (Å²) in [5.41, 5.74) is 1.05. The molecule has 6 heteroatoms. The van der Waals surface area contributed by atoms with Crippen LogP contribution in [0.3, 0.4) is 0 Å². The van der Waals surface area contributed by atoms with Gasteiger partial charge in [0.2, 0.25) is 0 Å². The largest absolute Gasteiger partial charge is 0.224 e. The lowest BCUT2D eigenvalue weighted by Crippen LogP contribution is -2.11. The molecule has 0 atom stereocenters. The van der Waals surface area contributed by atoms with Gasteiger partial charge in [-0.05, 0) is 11.6 Å². The Kier molecular flexibility index (Phi) is 7.44. The van der Waals surface area contributed by atoms with Gasteiger partial charge in [-0.25, -0.2) is 14.5 Å². The molecule has 0 fully saturated rings. The summed E-state index contributed by atoms with van der Waals surface area (Å²) >= 11 is 7.05. The highest BCUT2D eigenvalue weighted by atomic mass is 35.5. The van der Waals surface area contributed by atoms with Crippen LogP contribution in [0, 0.1) is 0 Å². The topological polar surface area (TPSA) is 38.5 Å². The molecule has 0 radical (unpaired) electrons.